The summed E-state index contributed by atoms with van der Waals surface area (Å²) in [6.07, 6.45) is -2.08. The number of ether oxygens (including phenoxy) is 2. The molecule has 0 bridgehead atoms. The van der Waals surface area contributed by atoms with E-state index in [1.807, 2.05) is 0 Å². The SMILES string of the molecule is CN(C)OCCO[C@@H]1[C@H](O)[C@@H](COP(N)O)O[C@H]1n1cnc2c(N)nc(N)nc21. The summed E-state index contributed by atoms with van der Waals surface area (Å²) in [7, 11) is 1.39. The lowest BCUT2D eigenvalue weighted by atomic mass is 10.1. The van der Waals surface area contributed by atoms with Crippen LogP contribution in [0.15, 0.2) is 6.33 Å². The van der Waals surface area contributed by atoms with E-state index < -0.39 is 33.1 Å². The van der Waals surface area contributed by atoms with Crippen LogP contribution in [0, 0.1) is 0 Å². The van der Waals surface area contributed by atoms with Gasteiger partial charge in [-0.05, 0) is 0 Å². The van der Waals surface area contributed by atoms with Crippen LogP contribution >= 0.6 is 8.53 Å². The molecule has 29 heavy (non-hydrogen) atoms. The fourth-order valence-electron chi connectivity index (χ4n) is 2.96. The minimum atomic E-state index is -2.10. The zero-order chi connectivity index (χ0) is 21.1. The Morgan fingerprint density at radius 3 is 2.76 bits per heavy atom. The molecule has 8 N–H and O–H groups in total. The molecule has 3 heterocycles. The number of hydrogen-bond acceptors (Lipinski definition) is 13. The van der Waals surface area contributed by atoms with Gasteiger partial charge in [-0.25, -0.2) is 4.98 Å². The summed E-state index contributed by atoms with van der Waals surface area (Å²) in [5.41, 5.74) is 17.5. The molecule has 3 rings (SSSR count). The van der Waals surface area contributed by atoms with E-state index in [1.165, 1.54) is 11.4 Å². The van der Waals surface area contributed by atoms with Crippen LogP contribution in [0.3, 0.4) is 0 Å². The number of hydroxylamine groups is 2. The lowest BCUT2D eigenvalue weighted by Gasteiger charge is -2.22. The fourth-order valence-corrected chi connectivity index (χ4v) is 3.26. The molecule has 1 unspecified atom stereocenters. The maximum atomic E-state index is 10.7. The summed E-state index contributed by atoms with van der Waals surface area (Å²) in [4.78, 5) is 26.8. The van der Waals surface area contributed by atoms with Crippen molar-refractivity contribution in [1.29, 1.82) is 0 Å². The predicted octanol–water partition coefficient (Wildman–Crippen LogP) is -1.68. The van der Waals surface area contributed by atoms with Gasteiger partial charge in [-0.15, -0.1) is 0 Å². The van der Waals surface area contributed by atoms with Crippen LogP contribution in [0.5, 0.6) is 0 Å². The number of aliphatic hydroxyl groups is 1. The van der Waals surface area contributed by atoms with Crippen LogP contribution in [0.4, 0.5) is 11.8 Å². The van der Waals surface area contributed by atoms with Crippen LogP contribution in [0.25, 0.3) is 11.2 Å². The van der Waals surface area contributed by atoms with E-state index in [-0.39, 0.29) is 31.6 Å². The van der Waals surface area contributed by atoms with Crippen LogP contribution in [0.2, 0.25) is 0 Å². The minimum Gasteiger partial charge on any atom is -0.387 e. The first-order chi connectivity index (χ1) is 13.8. The summed E-state index contributed by atoms with van der Waals surface area (Å²) in [6.45, 7) is 0.320. The molecule has 1 fully saturated rings. The molecule has 1 aliphatic heterocycles. The van der Waals surface area contributed by atoms with Crippen molar-refractivity contribution >= 4 is 31.5 Å². The Kier molecular flexibility index (Phi) is 7.10. The van der Waals surface area contributed by atoms with Crippen molar-refractivity contribution in [2.75, 3.05) is 45.4 Å². The molecule has 0 radical (unpaired) electrons. The van der Waals surface area contributed by atoms with Crippen LogP contribution in [0.1, 0.15) is 6.23 Å². The van der Waals surface area contributed by atoms with Gasteiger partial charge < -0.3 is 35.5 Å². The number of nitrogens with zero attached hydrogens (tertiary/aromatic N) is 5. The Morgan fingerprint density at radius 1 is 1.31 bits per heavy atom. The number of aromatic nitrogens is 4. The van der Waals surface area contributed by atoms with Gasteiger partial charge in [0.15, 0.2) is 17.7 Å². The number of fused-ring (bicyclic) bond motifs is 1. The highest BCUT2D eigenvalue weighted by Crippen LogP contribution is 2.35. The maximum absolute atomic E-state index is 10.7. The summed E-state index contributed by atoms with van der Waals surface area (Å²) < 4.78 is 18.3. The van der Waals surface area contributed by atoms with Gasteiger partial charge in [0.25, 0.3) is 0 Å². The third-order valence-electron chi connectivity index (χ3n) is 4.17. The van der Waals surface area contributed by atoms with Gasteiger partial charge in [-0.2, -0.15) is 15.0 Å². The molecule has 1 saturated heterocycles. The van der Waals surface area contributed by atoms with Crippen molar-refractivity contribution in [3.8, 4) is 0 Å². The first-order valence-electron chi connectivity index (χ1n) is 8.65. The standard InChI is InChI=1S/C14H25N8O6P/c1-21(2)26-4-3-25-10-9(23)7(5-27-29(17)24)28-13(10)22-6-18-8-11(15)19-14(16)20-12(8)22/h6-7,9-10,13,23-24H,3-5,17H2,1-2H3,(H4,15,16,19,20)/t7-,9-,10-,13-,29?/m1/s1. The number of rotatable bonds is 9. The Morgan fingerprint density at radius 2 is 2.07 bits per heavy atom. The van der Waals surface area contributed by atoms with Gasteiger partial charge in [-0.1, -0.05) is 0 Å². The highest BCUT2D eigenvalue weighted by atomic mass is 31.2. The first-order valence-corrected chi connectivity index (χ1v) is 9.93. The third-order valence-corrected chi connectivity index (χ3v) is 4.58. The summed E-state index contributed by atoms with van der Waals surface area (Å²) in [5, 5.41) is 12.2. The summed E-state index contributed by atoms with van der Waals surface area (Å²) in [6, 6.07) is 0. The largest absolute Gasteiger partial charge is 0.387 e. The van der Waals surface area contributed by atoms with Crippen molar-refractivity contribution in [2.24, 2.45) is 5.50 Å². The fraction of sp³-hybridized carbons (Fsp3) is 0.643. The first kappa shape index (κ1) is 22.0. The zero-order valence-corrected chi connectivity index (χ0v) is 16.8. The highest BCUT2D eigenvalue weighted by molar-refractivity contribution is 7.43. The average molecular weight is 432 g/mol. The third kappa shape index (κ3) is 5.06. The minimum absolute atomic E-state index is 0.0268. The molecule has 162 valence electrons. The van der Waals surface area contributed by atoms with E-state index in [0.717, 1.165) is 0 Å². The summed E-state index contributed by atoms with van der Waals surface area (Å²) >= 11 is 0. The molecule has 5 atom stereocenters. The lowest BCUT2D eigenvalue weighted by Crippen LogP contribution is -2.36. The number of nitrogen functional groups attached to an aromatic ring is 2. The number of nitrogens with two attached hydrogens (primary N) is 3. The molecule has 0 spiro atoms. The molecule has 15 heteroatoms. The second-order valence-electron chi connectivity index (χ2n) is 6.43. The van der Waals surface area contributed by atoms with E-state index in [1.54, 1.807) is 18.7 Å². The Bertz CT molecular complexity index is 823. The van der Waals surface area contributed by atoms with Crippen molar-refractivity contribution in [3.63, 3.8) is 0 Å². The van der Waals surface area contributed by atoms with E-state index in [0.29, 0.717) is 11.2 Å². The van der Waals surface area contributed by atoms with Crippen LogP contribution in [-0.2, 0) is 18.8 Å². The Balaban J connectivity index is 1.84. The highest BCUT2D eigenvalue weighted by Gasteiger charge is 2.46. The second-order valence-corrected chi connectivity index (χ2v) is 7.29. The van der Waals surface area contributed by atoms with E-state index in [2.05, 4.69) is 15.0 Å². The normalized spacial score (nSPS) is 25.9. The Hall–Kier alpha value is -1.74. The quantitative estimate of drug-likeness (QED) is 0.171. The van der Waals surface area contributed by atoms with Gasteiger partial charge in [-0.3, -0.25) is 14.9 Å². The Labute approximate surface area is 167 Å². The second kappa shape index (κ2) is 9.38. The number of anilines is 2. The van der Waals surface area contributed by atoms with Crippen molar-refractivity contribution < 1.29 is 28.8 Å². The summed E-state index contributed by atoms with van der Waals surface area (Å²) in [5.74, 6) is 0.0941. The van der Waals surface area contributed by atoms with Gasteiger partial charge in [0.1, 0.15) is 23.8 Å². The number of hydrogen-bond donors (Lipinski definition) is 5. The zero-order valence-electron chi connectivity index (χ0n) is 16.0. The van der Waals surface area contributed by atoms with Crippen LogP contribution in [-0.4, -0.2) is 86.8 Å². The van der Waals surface area contributed by atoms with Gasteiger partial charge in [0.2, 0.25) is 14.5 Å². The lowest BCUT2D eigenvalue weighted by molar-refractivity contribution is -0.150. The van der Waals surface area contributed by atoms with E-state index in [9.17, 15) is 10.00 Å². The molecule has 1 aliphatic rings. The van der Waals surface area contributed by atoms with E-state index >= 15 is 0 Å². The van der Waals surface area contributed by atoms with Gasteiger partial charge in [0, 0.05) is 14.1 Å². The van der Waals surface area contributed by atoms with E-state index in [4.69, 9.17) is 35.8 Å². The molecular formula is C14H25N8O6P. The molecular weight excluding hydrogens is 407 g/mol. The van der Waals surface area contributed by atoms with Gasteiger partial charge in [0.05, 0.1) is 26.1 Å². The average Bonchev–Trinajstić information content (AvgIpc) is 3.18. The van der Waals surface area contributed by atoms with Crippen molar-refractivity contribution in [3.05, 3.63) is 6.33 Å². The number of imidazole rings is 1. The molecule has 14 nitrogen and oxygen atoms in total. The smallest absolute Gasteiger partial charge is 0.250 e. The maximum Gasteiger partial charge on any atom is 0.250 e. The predicted molar refractivity (Wildman–Crippen MR) is 103 cm³/mol. The number of aliphatic hydroxyl groups excluding tert-OH is 1. The molecule has 0 saturated carbocycles. The molecule has 0 aliphatic carbocycles. The molecule has 2 aromatic rings. The van der Waals surface area contributed by atoms with Gasteiger partial charge >= 0.3 is 0 Å². The molecule has 2 aromatic heterocycles. The monoisotopic (exact) mass is 432 g/mol. The van der Waals surface area contributed by atoms with Crippen LogP contribution < -0.4 is 17.0 Å². The molecule has 0 amide bonds. The molecule has 0 aromatic carbocycles. The topological polar surface area (TPSA) is 202 Å². The van der Waals surface area contributed by atoms with Crippen molar-refractivity contribution in [1.82, 2.24) is 24.6 Å². The van der Waals surface area contributed by atoms with Crippen molar-refractivity contribution in [2.45, 2.75) is 24.5 Å².